The Kier molecular flexibility index (Phi) is 18.2. The van der Waals surface area contributed by atoms with Gasteiger partial charge in [0.05, 0.1) is 33.4 Å². The Balaban J connectivity index is 0. The Morgan fingerprint density at radius 2 is 0.421 bits per heavy atom. The van der Waals surface area contributed by atoms with E-state index >= 15 is 0 Å². The monoisotopic (exact) mass is 778 g/mol. The second kappa shape index (κ2) is 18.5. The molecule has 0 fully saturated rings. The van der Waals surface area contributed by atoms with Crippen molar-refractivity contribution < 1.29 is 143 Å². The minimum absolute atomic E-state index is 0. The van der Waals surface area contributed by atoms with Gasteiger partial charge in [-0.2, -0.15) is 0 Å². The summed E-state index contributed by atoms with van der Waals surface area (Å²) in [6, 6.07) is 16.4. The zero-order valence-electron chi connectivity index (χ0n) is 19.1. The number of carboxylic acid groups (broad SMARTS) is 6. The quantitative estimate of drug-likeness (QED) is 0.212. The number of rotatable bonds is 6. The summed E-state index contributed by atoms with van der Waals surface area (Å²) in [4.78, 5) is 62.8. The van der Waals surface area contributed by atoms with Crippen molar-refractivity contribution in [2.24, 2.45) is 0 Å². The molecular weight excluding hydrogens is 760 g/mol. The summed E-state index contributed by atoms with van der Waals surface area (Å²) < 4.78 is 0. The molecule has 0 aliphatic carbocycles. The van der Waals surface area contributed by atoms with Crippen LogP contribution in [0.2, 0.25) is 0 Å². The molecule has 0 radical (unpaired) electrons. The van der Waals surface area contributed by atoms with E-state index in [0.29, 0.717) is 0 Å². The molecule has 3 aromatic rings. The summed E-state index contributed by atoms with van der Waals surface area (Å²) in [5.74, 6) is -7.37. The van der Waals surface area contributed by atoms with E-state index in [1.54, 1.807) is 0 Å². The predicted octanol–water partition coefficient (Wildman–Crippen LogP) is 3.25. The topological polar surface area (TPSA) is 224 Å². The molecule has 3 aromatic carbocycles. The molecule has 12 nitrogen and oxygen atoms in total. The van der Waals surface area contributed by atoms with Gasteiger partial charge >= 0.3 is 35.8 Å². The number of hydrogen-bond acceptors (Lipinski definition) is 6. The predicted molar refractivity (Wildman–Crippen MR) is 121 cm³/mol. The smallest absolute Gasteiger partial charge is 0.336 e. The average molecular weight is 779 g/mol. The molecule has 6 N–H and O–H groups in total. The molecule has 3 rings (SSSR count). The molecule has 0 aliphatic rings. The van der Waals surface area contributed by atoms with E-state index in [0.717, 1.165) is 0 Å². The van der Waals surface area contributed by atoms with Gasteiger partial charge in [-0.05, 0) is 36.4 Å². The SMILES string of the molecule is O=C(O)c1ccccc1C(=O)O.O=C(O)c1ccccc1C(=O)O.O=C(O)c1ccccc1C(=O)O.[Ce].[Ce]. The Labute approximate surface area is 281 Å². The van der Waals surface area contributed by atoms with Crippen molar-refractivity contribution in [2.45, 2.75) is 0 Å². The number of aromatic carboxylic acids is 6. The fourth-order valence-electron chi connectivity index (χ4n) is 2.57. The Morgan fingerprint density at radius 1 is 0.316 bits per heavy atom. The fraction of sp³-hybridized carbons (Fsp3) is 0. The second-order valence-corrected chi connectivity index (χ2v) is 6.47. The van der Waals surface area contributed by atoms with Crippen molar-refractivity contribution >= 4 is 35.8 Å². The van der Waals surface area contributed by atoms with Crippen molar-refractivity contribution in [3.8, 4) is 0 Å². The van der Waals surface area contributed by atoms with Crippen LogP contribution in [0, 0.1) is 83.5 Å². The molecule has 0 saturated heterocycles. The third-order valence-electron chi connectivity index (χ3n) is 4.16. The molecule has 0 bridgehead atoms. The van der Waals surface area contributed by atoms with Crippen molar-refractivity contribution in [2.75, 3.05) is 0 Å². The third-order valence-corrected chi connectivity index (χ3v) is 4.16. The summed E-state index contributed by atoms with van der Waals surface area (Å²) in [6.07, 6.45) is 0. The zero-order valence-corrected chi connectivity index (χ0v) is 25.3. The molecule has 0 aliphatic heterocycles. The summed E-state index contributed by atoms with van der Waals surface area (Å²) in [7, 11) is 0. The van der Waals surface area contributed by atoms with Crippen LogP contribution < -0.4 is 0 Å². The van der Waals surface area contributed by atoms with Gasteiger partial charge in [0.25, 0.3) is 0 Å². The van der Waals surface area contributed by atoms with Crippen molar-refractivity contribution in [1.29, 1.82) is 0 Å². The van der Waals surface area contributed by atoms with Crippen LogP contribution in [0.15, 0.2) is 72.8 Å². The van der Waals surface area contributed by atoms with E-state index in [4.69, 9.17) is 30.6 Å². The zero-order chi connectivity index (χ0) is 27.4. The number of hydrogen-bond donors (Lipinski definition) is 6. The maximum Gasteiger partial charge on any atom is 0.336 e. The average Bonchev–Trinajstić information content (AvgIpc) is 2.84. The number of benzene rings is 3. The summed E-state index contributed by atoms with van der Waals surface area (Å²) in [6.45, 7) is 0. The van der Waals surface area contributed by atoms with Gasteiger partial charge < -0.3 is 30.6 Å². The van der Waals surface area contributed by atoms with Gasteiger partial charge in [0.15, 0.2) is 0 Å². The first-order valence-corrected chi connectivity index (χ1v) is 9.55. The van der Waals surface area contributed by atoms with Crippen LogP contribution >= 0.6 is 0 Å². The van der Waals surface area contributed by atoms with Gasteiger partial charge in [-0.15, -0.1) is 0 Å². The molecule has 0 amide bonds. The van der Waals surface area contributed by atoms with Crippen LogP contribution in [0.4, 0.5) is 0 Å². The van der Waals surface area contributed by atoms with Crippen LogP contribution in [0.1, 0.15) is 62.1 Å². The van der Waals surface area contributed by atoms with Crippen LogP contribution in [-0.4, -0.2) is 66.5 Å². The third kappa shape index (κ3) is 11.7. The van der Waals surface area contributed by atoms with Crippen LogP contribution in [0.5, 0.6) is 0 Å². The Bertz CT molecular complexity index is 1060. The van der Waals surface area contributed by atoms with E-state index < -0.39 is 35.8 Å². The Morgan fingerprint density at radius 3 is 0.500 bits per heavy atom. The first-order valence-electron chi connectivity index (χ1n) is 9.55. The van der Waals surface area contributed by atoms with Crippen molar-refractivity contribution in [3.63, 3.8) is 0 Å². The molecule has 14 heteroatoms. The number of carbonyl (C=O) groups is 6. The van der Waals surface area contributed by atoms with Gasteiger partial charge in [-0.1, -0.05) is 36.4 Å². The van der Waals surface area contributed by atoms with E-state index in [9.17, 15) is 28.8 Å². The maximum atomic E-state index is 10.5. The first-order chi connectivity index (χ1) is 16.9. The molecule has 0 spiro atoms. The van der Waals surface area contributed by atoms with E-state index in [1.165, 1.54) is 72.8 Å². The van der Waals surface area contributed by atoms with Crippen molar-refractivity contribution in [3.05, 3.63) is 106 Å². The minimum atomic E-state index is -1.23. The van der Waals surface area contributed by atoms with E-state index in [1.807, 2.05) is 0 Å². The number of carboxylic acids is 6. The maximum absolute atomic E-state index is 10.5. The van der Waals surface area contributed by atoms with E-state index in [2.05, 4.69) is 0 Å². The molecule has 0 aromatic heterocycles. The van der Waals surface area contributed by atoms with Gasteiger partial charge in [0.2, 0.25) is 0 Å². The molecular formula is C24H18Ce2O12. The van der Waals surface area contributed by atoms with Crippen LogP contribution in [-0.2, 0) is 0 Å². The summed E-state index contributed by atoms with van der Waals surface area (Å²) in [5, 5.41) is 51.3. The molecule has 0 saturated carbocycles. The van der Waals surface area contributed by atoms with Gasteiger partial charge in [-0.3, -0.25) is 0 Å². The molecule has 0 unspecified atom stereocenters. The van der Waals surface area contributed by atoms with Gasteiger partial charge in [0, 0.05) is 83.5 Å². The summed E-state index contributed by atoms with van der Waals surface area (Å²) >= 11 is 0. The Hall–Kier alpha value is -2.77. The molecule has 38 heavy (non-hydrogen) atoms. The van der Waals surface area contributed by atoms with E-state index in [-0.39, 0.29) is 117 Å². The fourth-order valence-corrected chi connectivity index (χ4v) is 2.57. The summed E-state index contributed by atoms with van der Waals surface area (Å²) in [5.41, 5.74) is -1.14. The molecule has 0 atom stereocenters. The largest absolute Gasteiger partial charge is 0.478 e. The standard InChI is InChI=1S/3C8H6O4.2Ce/c3*9-7(10)5-3-1-2-4-6(5)8(11)12;;/h3*1-4H,(H,9,10)(H,11,12);;. The minimum Gasteiger partial charge on any atom is -0.478 e. The van der Waals surface area contributed by atoms with Gasteiger partial charge in [0.1, 0.15) is 0 Å². The van der Waals surface area contributed by atoms with Crippen LogP contribution in [0.25, 0.3) is 0 Å². The van der Waals surface area contributed by atoms with Crippen LogP contribution in [0.3, 0.4) is 0 Å². The second-order valence-electron chi connectivity index (χ2n) is 6.47. The molecule has 0 heterocycles. The van der Waals surface area contributed by atoms with Gasteiger partial charge in [-0.25, -0.2) is 28.8 Å². The molecule has 194 valence electrons. The van der Waals surface area contributed by atoms with Crippen molar-refractivity contribution in [1.82, 2.24) is 0 Å². The first kappa shape index (κ1) is 37.4. The normalized spacial score (nSPS) is 8.84.